The Labute approximate surface area is 83.2 Å². The second-order valence-electron chi connectivity index (χ2n) is 3.38. The quantitative estimate of drug-likeness (QED) is 0.695. The third-order valence-electron chi connectivity index (χ3n) is 1.98. The molecule has 0 aliphatic rings. The summed E-state index contributed by atoms with van der Waals surface area (Å²) in [6.45, 7) is 6.18. The molecule has 1 rings (SSSR count). The maximum Gasteiger partial charge on any atom is 0.121 e. The number of nitrogens with zero attached hydrogens (tertiary/aromatic N) is 1. The van der Waals surface area contributed by atoms with E-state index >= 15 is 0 Å². The van der Waals surface area contributed by atoms with Crippen LogP contribution in [0.3, 0.4) is 0 Å². The van der Waals surface area contributed by atoms with Crippen LogP contribution in [0.4, 0.5) is 0 Å². The van der Waals surface area contributed by atoms with Crippen LogP contribution in [0.5, 0.6) is 0 Å². The second kappa shape index (κ2) is 3.71. The Bertz CT molecular complexity index is 410. The summed E-state index contributed by atoms with van der Waals surface area (Å²) in [5, 5.41) is 8.74. The Balaban J connectivity index is 3.40. The fourth-order valence-electron chi connectivity index (χ4n) is 1.33. The molecule has 0 aliphatic carbocycles. The van der Waals surface area contributed by atoms with Gasteiger partial charge in [0.1, 0.15) is 10.7 Å². The number of nitrogens with one attached hydrogen (secondary N) is 1. The molecule has 0 aromatic carbocycles. The molecule has 0 aliphatic heterocycles. The molecule has 0 radical (unpaired) electrons. The van der Waals surface area contributed by atoms with E-state index in [0.717, 1.165) is 11.3 Å². The third-order valence-corrected chi connectivity index (χ3v) is 2.30. The van der Waals surface area contributed by atoms with E-state index in [9.17, 15) is 0 Å². The molecule has 0 saturated heterocycles. The molecule has 0 atom stereocenters. The summed E-state index contributed by atoms with van der Waals surface area (Å²) in [4.78, 5) is 3.09. The summed E-state index contributed by atoms with van der Waals surface area (Å²) in [6.07, 6.45) is 0. The summed E-state index contributed by atoms with van der Waals surface area (Å²) < 4.78 is 0.539. The van der Waals surface area contributed by atoms with E-state index in [4.69, 9.17) is 17.5 Å². The molecule has 0 unspecified atom stereocenters. The minimum absolute atomic E-state index is 0.412. The number of aromatic nitrogens is 1. The molecule has 0 saturated carbocycles. The number of aromatic amines is 1. The summed E-state index contributed by atoms with van der Waals surface area (Å²) in [5.74, 6) is 0.412. The second-order valence-corrected chi connectivity index (χ2v) is 3.78. The third kappa shape index (κ3) is 1.96. The highest BCUT2D eigenvalue weighted by Crippen LogP contribution is 2.17. The van der Waals surface area contributed by atoms with Gasteiger partial charge in [-0.1, -0.05) is 26.1 Å². The van der Waals surface area contributed by atoms with Crippen LogP contribution >= 0.6 is 12.2 Å². The van der Waals surface area contributed by atoms with Gasteiger partial charge < -0.3 is 4.98 Å². The Kier molecular flexibility index (Phi) is 2.84. The molecule has 2 nitrogen and oxygen atoms in total. The topological polar surface area (TPSA) is 39.6 Å². The number of nitriles is 1. The van der Waals surface area contributed by atoms with Crippen molar-refractivity contribution in [3.63, 3.8) is 0 Å². The number of rotatable bonds is 1. The Morgan fingerprint density at radius 2 is 2.15 bits per heavy atom. The zero-order chi connectivity index (χ0) is 10.0. The average molecular weight is 192 g/mol. The van der Waals surface area contributed by atoms with Crippen molar-refractivity contribution in [2.24, 2.45) is 0 Å². The van der Waals surface area contributed by atoms with Crippen molar-refractivity contribution < 1.29 is 0 Å². The normalized spacial score (nSPS) is 10.1. The molecule has 1 heterocycles. The first-order valence-corrected chi connectivity index (χ1v) is 4.61. The van der Waals surface area contributed by atoms with Gasteiger partial charge in [-0.15, -0.1) is 0 Å². The number of hydrogen-bond donors (Lipinski definition) is 1. The highest BCUT2D eigenvalue weighted by atomic mass is 32.1. The van der Waals surface area contributed by atoms with Crippen LogP contribution < -0.4 is 0 Å². The van der Waals surface area contributed by atoms with E-state index < -0.39 is 0 Å². The monoisotopic (exact) mass is 192 g/mol. The van der Waals surface area contributed by atoms with Gasteiger partial charge in [0, 0.05) is 5.69 Å². The fourth-order valence-corrected chi connectivity index (χ4v) is 1.55. The zero-order valence-corrected chi connectivity index (χ0v) is 8.83. The van der Waals surface area contributed by atoms with Crippen LogP contribution in [0.2, 0.25) is 0 Å². The first-order valence-electron chi connectivity index (χ1n) is 4.20. The van der Waals surface area contributed by atoms with Crippen molar-refractivity contribution in [3.05, 3.63) is 27.5 Å². The van der Waals surface area contributed by atoms with Crippen molar-refractivity contribution in [2.45, 2.75) is 26.7 Å². The molecular weight excluding hydrogens is 180 g/mol. The molecular formula is C10H12N2S. The van der Waals surface area contributed by atoms with Crippen LogP contribution in [0.1, 0.15) is 36.6 Å². The lowest BCUT2D eigenvalue weighted by atomic mass is 10.0. The lowest BCUT2D eigenvalue weighted by Gasteiger charge is -2.09. The minimum Gasteiger partial charge on any atom is -0.348 e. The van der Waals surface area contributed by atoms with Crippen LogP contribution in [-0.2, 0) is 0 Å². The molecule has 0 spiro atoms. The predicted molar refractivity (Wildman–Crippen MR) is 55.2 cm³/mol. The fraction of sp³-hybridized carbons (Fsp3) is 0.400. The van der Waals surface area contributed by atoms with Gasteiger partial charge in [0.25, 0.3) is 0 Å². The van der Waals surface area contributed by atoms with Gasteiger partial charge in [-0.3, -0.25) is 0 Å². The first kappa shape index (κ1) is 9.94. The number of pyridine rings is 1. The van der Waals surface area contributed by atoms with Crippen LogP contribution in [0, 0.1) is 22.9 Å². The zero-order valence-electron chi connectivity index (χ0n) is 8.01. The first-order chi connectivity index (χ1) is 6.06. The summed E-state index contributed by atoms with van der Waals surface area (Å²) >= 11 is 5.04. The lowest BCUT2D eigenvalue weighted by molar-refractivity contribution is 0.808. The van der Waals surface area contributed by atoms with E-state index in [0.29, 0.717) is 16.1 Å². The maximum atomic E-state index is 8.74. The van der Waals surface area contributed by atoms with Gasteiger partial charge in [0.15, 0.2) is 0 Å². The van der Waals surface area contributed by atoms with Crippen molar-refractivity contribution >= 4 is 12.2 Å². The van der Waals surface area contributed by atoms with Gasteiger partial charge in [0.2, 0.25) is 0 Å². The van der Waals surface area contributed by atoms with Gasteiger partial charge in [0.05, 0.1) is 5.56 Å². The summed E-state index contributed by atoms with van der Waals surface area (Å²) in [7, 11) is 0. The molecule has 1 aromatic rings. The van der Waals surface area contributed by atoms with Crippen LogP contribution in [-0.4, -0.2) is 4.98 Å². The average Bonchev–Trinajstić information content (AvgIpc) is 2.07. The van der Waals surface area contributed by atoms with E-state index in [1.165, 1.54) is 0 Å². The van der Waals surface area contributed by atoms with Crippen LogP contribution in [0.25, 0.3) is 0 Å². The van der Waals surface area contributed by atoms with Crippen molar-refractivity contribution in [2.75, 3.05) is 0 Å². The Morgan fingerprint density at radius 3 is 2.62 bits per heavy atom. The Hall–Kier alpha value is -1.14. The largest absolute Gasteiger partial charge is 0.348 e. The molecule has 3 heteroatoms. The molecule has 0 amide bonds. The molecule has 13 heavy (non-hydrogen) atoms. The maximum absolute atomic E-state index is 8.74. The van der Waals surface area contributed by atoms with Crippen molar-refractivity contribution in [1.29, 1.82) is 5.26 Å². The number of hydrogen-bond acceptors (Lipinski definition) is 2. The molecule has 0 bridgehead atoms. The van der Waals surface area contributed by atoms with E-state index in [2.05, 4.69) is 24.9 Å². The standard InChI is InChI=1S/C10H12N2S/c1-6(2)9-7(3)4-8(5-11)10(13)12-9/h4,6H,1-3H3,(H,12,13). The highest BCUT2D eigenvalue weighted by molar-refractivity contribution is 7.71. The van der Waals surface area contributed by atoms with Crippen LogP contribution in [0.15, 0.2) is 6.07 Å². The number of aryl methyl sites for hydroxylation is 1. The molecule has 0 fully saturated rings. The number of H-pyrrole nitrogens is 1. The minimum atomic E-state index is 0.412. The van der Waals surface area contributed by atoms with Crippen molar-refractivity contribution in [1.82, 2.24) is 4.98 Å². The van der Waals surface area contributed by atoms with Gasteiger partial charge in [-0.05, 0) is 24.5 Å². The van der Waals surface area contributed by atoms with E-state index in [-0.39, 0.29) is 0 Å². The van der Waals surface area contributed by atoms with Gasteiger partial charge in [-0.25, -0.2) is 0 Å². The van der Waals surface area contributed by atoms with E-state index in [1.807, 2.05) is 13.0 Å². The van der Waals surface area contributed by atoms with E-state index in [1.54, 1.807) is 0 Å². The molecule has 1 aromatic heterocycles. The lowest BCUT2D eigenvalue weighted by Crippen LogP contribution is -1.98. The predicted octanol–water partition coefficient (Wildman–Crippen LogP) is 3.05. The molecule has 68 valence electrons. The highest BCUT2D eigenvalue weighted by Gasteiger charge is 2.05. The van der Waals surface area contributed by atoms with Gasteiger partial charge >= 0.3 is 0 Å². The SMILES string of the molecule is Cc1cc(C#N)c(=S)[nH]c1C(C)C. The van der Waals surface area contributed by atoms with Crippen molar-refractivity contribution in [3.8, 4) is 6.07 Å². The summed E-state index contributed by atoms with van der Waals surface area (Å²) in [6, 6.07) is 3.91. The molecule has 1 N–H and O–H groups in total. The summed E-state index contributed by atoms with van der Waals surface area (Å²) in [5.41, 5.74) is 2.76. The Morgan fingerprint density at radius 1 is 1.54 bits per heavy atom. The smallest absolute Gasteiger partial charge is 0.121 e. The van der Waals surface area contributed by atoms with Gasteiger partial charge in [-0.2, -0.15) is 5.26 Å².